The van der Waals surface area contributed by atoms with E-state index in [2.05, 4.69) is 11.4 Å². The predicted molar refractivity (Wildman–Crippen MR) is 159 cm³/mol. The lowest BCUT2D eigenvalue weighted by molar-refractivity contribution is 0.146. The Bertz CT molecular complexity index is 1660. The van der Waals surface area contributed by atoms with Gasteiger partial charge in [-0.1, -0.05) is 29.8 Å². The summed E-state index contributed by atoms with van der Waals surface area (Å²) in [5.41, 5.74) is 7.25. The van der Waals surface area contributed by atoms with Gasteiger partial charge in [-0.05, 0) is 60.5 Å². The number of nitrogens with zero attached hydrogens (tertiary/aromatic N) is 2. The molecule has 0 fully saturated rings. The van der Waals surface area contributed by atoms with Crippen LogP contribution < -0.4 is 24.3 Å². The van der Waals surface area contributed by atoms with Crippen LogP contribution >= 0.6 is 0 Å². The molecule has 2 heterocycles. The van der Waals surface area contributed by atoms with E-state index in [0.29, 0.717) is 47.6 Å². The number of rotatable bonds is 8. The van der Waals surface area contributed by atoms with Crippen molar-refractivity contribution in [3.05, 3.63) is 88.6 Å². The first-order valence-corrected chi connectivity index (χ1v) is 13.0. The van der Waals surface area contributed by atoms with Gasteiger partial charge in [0, 0.05) is 22.4 Å². The number of pyridine rings is 1. The fourth-order valence-electron chi connectivity index (χ4n) is 4.90. The molecule has 0 aliphatic carbocycles. The molecule has 4 aromatic rings. The van der Waals surface area contributed by atoms with E-state index < -0.39 is 0 Å². The van der Waals surface area contributed by atoms with Crippen molar-refractivity contribution in [3.63, 3.8) is 0 Å². The van der Waals surface area contributed by atoms with Crippen molar-refractivity contribution in [2.24, 2.45) is 0 Å². The van der Waals surface area contributed by atoms with Gasteiger partial charge in [-0.3, -0.25) is 0 Å². The first-order valence-electron chi connectivity index (χ1n) is 13.0. The van der Waals surface area contributed by atoms with Crippen molar-refractivity contribution in [2.45, 2.75) is 13.5 Å². The van der Waals surface area contributed by atoms with Gasteiger partial charge in [0.15, 0.2) is 23.0 Å². The topological polar surface area (TPSA) is 94.9 Å². The Kier molecular flexibility index (Phi) is 8.09. The first kappa shape index (κ1) is 27.6. The average Bonchev–Trinajstić information content (AvgIpc) is 3.01. The molecule has 0 unspecified atom stereocenters. The maximum atomic E-state index is 10.5. The quantitative estimate of drug-likeness (QED) is 0.257. The maximum Gasteiger partial charge on any atom is 0.161 e. The van der Waals surface area contributed by atoms with E-state index in [0.717, 1.165) is 44.8 Å². The molecule has 0 bridgehead atoms. The summed E-state index contributed by atoms with van der Waals surface area (Å²) in [7, 11) is 6.40. The summed E-state index contributed by atoms with van der Waals surface area (Å²) in [6, 6.07) is 21.7. The minimum atomic E-state index is 0.300. The molecule has 208 valence electrons. The number of benzene rings is 3. The molecule has 0 amide bonds. The number of fused-ring (bicyclic) bond motifs is 1. The van der Waals surface area contributed by atoms with Gasteiger partial charge in [0.2, 0.25) is 0 Å². The van der Waals surface area contributed by atoms with E-state index in [4.69, 9.17) is 28.7 Å². The van der Waals surface area contributed by atoms with Crippen LogP contribution in [0.3, 0.4) is 0 Å². The number of nitrogens with one attached hydrogen (secondary N) is 1. The third kappa shape index (κ3) is 5.53. The first-order chi connectivity index (χ1) is 20.0. The van der Waals surface area contributed by atoms with Crippen LogP contribution in [0.1, 0.15) is 27.9 Å². The summed E-state index contributed by atoms with van der Waals surface area (Å²) in [6.45, 7) is 2.69. The normalized spacial score (nSPS) is 13.2. The Balaban J connectivity index is 1.74. The molecule has 41 heavy (non-hydrogen) atoms. The molecule has 1 aromatic heterocycles. The molecule has 0 saturated carbocycles. The van der Waals surface area contributed by atoms with Gasteiger partial charge >= 0.3 is 0 Å². The lowest BCUT2D eigenvalue weighted by Crippen LogP contribution is -2.15. The molecule has 3 aromatic carbocycles. The summed E-state index contributed by atoms with van der Waals surface area (Å²) < 4.78 is 28.0. The van der Waals surface area contributed by atoms with Crippen molar-refractivity contribution in [1.29, 1.82) is 5.26 Å². The third-order valence-electron chi connectivity index (χ3n) is 6.95. The molecule has 0 saturated heterocycles. The standard InChI is InChI=1S/C33H31N3O5/c1-20-6-10-24(11-7-20)35-33-25(17-34)31(22-9-13-28(38-3)30(16-22)40-5)26-19-41-18-23(32(26)36-33)14-21-8-12-27(37-2)29(15-21)39-4/h6-16H,18-19H2,1-5H3,(H,35,36)/b23-14+. The summed E-state index contributed by atoms with van der Waals surface area (Å²) >= 11 is 0. The maximum absolute atomic E-state index is 10.5. The Morgan fingerprint density at radius 2 is 1.49 bits per heavy atom. The molecule has 8 nitrogen and oxygen atoms in total. The smallest absolute Gasteiger partial charge is 0.161 e. The Labute approximate surface area is 239 Å². The average molecular weight is 550 g/mol. The number of methoxy groups -OCH3 is 4. The van der Waals surface area contributed by atoms with Crippen molar-refractivity contribution in [3.8, 4) is 40.2 Å². The molecule has 8 heteroatoms. The van der Waals surface area contributed by atoms with Gasteiger partial charge in [0.1, 0.15) is 17.5 Å². The highest BCUT2D eigenvalue weighted by Gasteiger charge is 2.27. The van der Waals surface area contributed by atoms with Crippen molar-refractivity contribution >= 4 is 23.2 Å². The van der Waals surface area contributed by atoms with Crippen LogP contribution in [0.25, 0.3) is 22.8 Å². The Hall–Kier alpha value is -5.00. The predicted octanol–water partition coefficient (Wildman–Crippen LogP) is 6.78. The molecule has 1 aliphatic rings. The monoisotopic (exact) mass is 549 g/mol. The van der Waals surface area contributed by atoms with Crippen molar-refractivity contribution < 1.29 is 23.7 Å². The van der Waals surface area contributed by atoms with Crippen LogP contribution in [-0.4, -0.2) is 40.0 Å². The van der Waals surface area contributed by atoms with Crippen molar-refractivity contribution in [1.82, 2.24) is 4.98 Å². The number of nitriles is 1. The van der Waals surface area contributed by atoms with E-state index in [1.807, 2.05) is 73.7 Å². The largest absolute Gasteiger partial charge is 0.493 e. The summed E-state index contributed by atoms with van der Waals surface area (Å²) in [5, 5.41) is 13.8. The van der Waals surface area contributed by atoms with Gasteiger partial charge in [-0.25, -0.2) is 4.98 Å². The lowest BCUT2D eigenvalue weighted by atomic mass is 9.90. The van der Waals surface area contributed by atoms with Gasteiger partial charge in [-0.15, -0.1) is 0 Å². The number of aryl methyl sites for hydroxylation is 1. The summed E-state index contributed by atoms with van der Waals surface area (Å²) in [4.78, 5) is 5.02. The second kappa shape index (κ2) is 12.0. The molecule has 5 rings (SSSR count). The zero-order valence-electron chi connectivity index (χ0n) is 23.7. The van der Waals surface area contributed by atoms with E-state index >= 15 is 0 Å². The summed E-state index contributed by atoms with van der Waals surface area (Å²) in [6.07, 6.45) is 2.02. The van der Waals surface area contributed by atoms with Crippen LogP contribution in [0.4, 0.5) is 11.5 Å². The number of ether oxygens (including phenoxy) is 5. The molecule has 0 atom stereocenters. The third-order valence-corrected chi connectivity index (χ3v) is 6.95. The highest BCUT2D eigenvalue weighted by atomic mass is 16.5. The second-order valence-corrected chi connectivity index (χ2v) is 9.49. The van der Waals surface area contributed by atoms with Crippen LogP contribution in [0, 0.1) is 18.3 Å². The zero-order valence-corrected chi connectivity index (χ0v) is 23.7. The minimum Gasteiger partial charge on any atom is -0.493 e. The van der Waals surface area contributed by atoms with Crippen LogP contribution in [0.2, 0.25) is 0 Å². The molecule has 0 radical (unpaired) electrons. The van der Waals surface area contributed by atoms with Gasteiger partial charge in [0.25, 0.3) is 0 Å². The second-order valence-electron chi connectivity index (χ2n) is 9.49. The Morgan fingerprint density at radius 1 is 0.829 bits per heavy atom. The highest BCUT2D eigenvalue weighted by Crippen LogP contribution is 2.42. The number of aromatic nitrogens is 1. The van der Waals surface area contributed by atoms with Gasteiger partial charge in [-0.2, -0.15) is 5.26 Å². The Morgan fingerprint density at radius 3 is 2.15 bits per heavy atom. The fraction of sp³-hybridized carbons (Fsp3) is 0.212. The zero-order chi connectivity index (χ0) is 28.9. The van der Waals surface area contributed by atoms with Crippen LogP contribution in [0.15, 0.2) is 60.7 Å². The molecule has 0 spiro atoms. The molecular formula is C33H31N3O5. The van der Waals surface area contributed by atoms with Gasteiger partial charge < -0.3 is 29.0 Å². The lowest BCUT2D eigenvalue weighted by Gasteiger charge is -2.25. The number of anilines is 2. The summed E-state index contributed by atoms with van der Waals surface area (Å²) in [5.74, 6) is 2.89. The molecular weight excluding hydrogens is 518 g/mol. The SMILES string of the molecule is COc1ccc(/C=C2\COCc3c2nc(Nc2ccc(C)cc2)c(C#N)c3-c2ccc(OC)c(OC)c2)cc1OC. The number of hydrogen-bond donors (Lipinski definition) is 1. The number of hydrogen-bond acceptors (Lipinski definition) is 8. The van der Waals surface area contributed by atoms with E-state index in [-0.39, 0.29) is 0 Å². The fourth-order valence-corrected chi connectivity index (χ4v) is 4.90. The van der Waals surface area contributed by atoms with E-state index in [9.17, 15) is 5.26 Å². The molecule has 1 N–H and O–H groups in total. The van der Waals surface area contributed by atoms with Crippen LogP contribution in [0.5, 0.6) is 23.0 Å². The minimum absolute atomic E-state index is 0.300. The van der Waals surface area contributed by atoms with E-state index in [1.54, 1.807) is 28.4 Å². The van der Waals surface area contributed by atoms with Crippen LogP contribution in [-0.2, 0) is 11.3 Å². The highest BCUT2D eigenvalue weighted by molar-refractivity contribution is 5.90. The van der Waals surface area contributed by atoms with E-state index in [1.165, 1.54) is 0 Å². The van der Waals surface area contributed by atoms with Gasteiger partial charge in [0.05, 0.1) is 47.3 Å². The van der Waals surface area contributed by atoms with Crippen molar-refractivity contribution in [2.75, 3.05) is 40.4 Å². The molecule has 1 aliphatic heterocycles.